The van der Waals surface area contributed by atoms with Crippen molar-refractivity contribution in [2.75, 3.05) is 5.32 Å². The van der Waals surface area contributed by atoms with E-state index in [-0.39, 0.29) is 16.5 Å². The van der Waals surface area contributed by atoms with E-state index in [1.807, 2.05) is 0 Å². The fraction of sp³-hybridized carbons (Fsp3) is 0.133. The molecule has 0 heterocycles. The summed E-state index contributed by atoms with van der Waals surface area (Å²) in [6, 6.07) is 9.09. The van der Waals surface area contributed by atoms with Gasteiger partial charge in [0.2, 0.25) is 0 Å². The summed E-state index contributed by atoms with van der Waals surface area (Å²) in [5, 5.41) is 2.60. The summed E-state index contributed by atoms with van der Waals surface area (Å²) >= 11 is 5.81. The lowest BCUT2D eigenvalue weighted by atomic mass is 10.3. The highest BCUT2D eigenvalue weighted by Crippen LogP contribution is 2.23. The number of halogens is 3. The molecule has 1 amide bonds. The van der Waals surface area contributed by atoms with Crippen molar-refractivity contribution in [2.24, 2.45) is 0 Å². The van der Waals surface area contributed by atoms with E-state index in [4.69, 9.17) is 16.3 Å². The zero-order valence-corrected chi connectivity index (χ0v) is 11.8. The molecule has 1 atom stereocenters. The maximum absolute atomic E-state index is 13.0. The third-order valence-electron chi connectivity index (χ3n) is 2.67. The van der Waals surface area contributed by atoms with E-state index < -0.39 is 23.6 Å². The number of carbonyl (C=O) groups excluding carboxylic acids is 1. The molecule has 0 spiro atoms. The van der Waals surface area contributed by atoms with Crippen LogP contribution in [0.1, 0.15) is 6.92 Å². The summed E-state index contributed by atoms with van der Waals surface area (Å²) < 4.78 is 31.3. The maximum Gasteiger partial charge on any atom is 0.265 e. The Bertz CT molecular complexity index is 664. The SMILES string of the molecule is C[C@@H](Oc1cccc(F)c1)C(=O)Nc1ccc(F)cc1Cl. The number of hydrogen-bond acceptors (Lipinski definition) is 2. The summed E-state index contributed by atoms with van der Waals surface area (Å²) in [5.41, 5.74) is 0.276. The molecule has 0 aromatic heterocycles. The van der Waals surface area contributed by atoms with Crippen LogP contribution in [0.3, 0.4) is 0 Å². The monoisotopic (exact) mass is 311 g/mol. The minimum atomic E-state index is -0.868. The normalized spacial score (nSPS) is 11.8. The minimum Gasteiger partial charge on any atom is -0.481 e. The van der Waals surface area contributed by atoms with Crippen molar-refractivity contribution in [1.29, 1.82) is 0 Å². The van der Waals surface area contributed by atoms with Gasteiger partial charge in [-0.3, -0.25) is 4.79 Å². The number of benzene rings is 2. The Morgan fingerprint density at radius 3 is 2.57 bits per heavy atom. The van der Waals surface area contributed by atoms with Crippen LogP contribution in [0.25, 0.3) is 0 Å². The quantitative estimate of drug-likeness (QED) is 0.926. The van der Waals surface area contributed by atoms with Crippen molar-refractivity contribution >= 4 is 23.2 Å². The first kappa shape index (κ1) is 15.3. The van der Waals surface area contributed by atoms with E-state index in [0.29, 0.717) is 0 Å². The van der Waals surface area contributed by atoms with Crippen LogP contribution in [-0.4, -0.2) is 12.0 Å². The molecule has 0 bridgehead atoms. The zero-order chi connectivity index (χ0) is 15.4. The van der Waals surface area contributed by atoms with Gasteiger partial charge in [-0.1, -0.05) is 17.7 Å². The smallest absolute Gasteiger partial charge is 0.265 e. The summed E-state index contributed by atoms with van der Waals surface area (Å²) in [5.74, 6) is -1.20. The van der Waals surface area contributed by atoms with Crippen molar-refractivity contribution in [3.05, 3.63) is 59.1 Å². The molecule has 1 N–H and O–H groups in total. The molecule has 0 radical (unpaired) electrons. The van der Waals surface area contributed by atoms with E-state index >= 15 is 0 Å². The molecule has 110 valence electrons. The minimum absolute atomic E-state index is 0.0845. The van der Waals surface area contributed by atoms with Crippen molar-refractivity contribution in [2.45, 2.75) is 13.0 Å². The van der Waals surface area contributed by atoms with Gasteiger partial charge in [0.05, 0.1) is 10.7 Å². The highest BCUT2D eigenvalue weighted by molar-refractivity contribution is 6.33. The number of amides is 1. The molecule has 6 heteroatoms. The summed E-state index contributed by atoms with van der Waals surface area (Å²) in [6.45, 7) is 1.51. The number of rotatable bonds is 4. The molecule has 3 nitrogen and oxygen atoms in total. The van der Waals surface area contributed by atoms with E-state index in [0.717, 1.165) is 6.07 Å². The Balaban J connectivity index is 2.02. The van der Waals surface area contributed by atoms with Crippen LogP contribution in [-0.2, 0) is 4.79 Å². The Morgan fingerprint density at radius 2 is 1.90 bits per heavy atom. The van der Waals surface area contributed by atoms with Gasteiger partial charge < -0.3 is 10.1 Å². The predicted molar refractivity (Wildman–Crippen MR) is 76.5 cm³/mol. The molecule has 0 aliphatic rings. The van der Waals surface area contributed by atoms with Gasteiger partial charge in [-0.25, -0.2) is 8.78 Å². The lowest BCUT2D eigenvalue weighted by Crippen LogP contribution is -2.30. The number of ether oxygens (including phenoxy) is 1. The summed E-state index contributed by atoms with van der Waals surface area (Å²) in [6.07, 6.45) is -0.868. The second kappa shape index (κ2) is 6.54. The summed E-state index contributed by atoms with van der Waals surface area (Å²) in [4.78, 5) is 12.0. The molecule has 0 aliphatic heterocycles. The molecular weight excluding hydrogens is 300 g/mol. The first-order chi connectivity index (χ1) is 9.95. The van der Waals surface area contributed by atoms with Gasteiger partial charge in [0, 0.05) is 6.07 Å². The molecule has 2 rings (SSSR count). The van der Waals surface area contributed by atoms with E-state index in [2.05, 4.69) is 5.32 Å². The Labute approximate surface area is 125 Å². The van der Waals surface area contributed by atoms with Crippen LogP contribution in [0.15, 0.2) is 42.5 Å². The summed E-state index contributed by atoms with van der Waals surface area (Å²) in [7, 11) is 0. The van der Waals surface area contributed by atoms with Gasteiger partial charge >= 0.3 is 0 Å². The van der Waals surface area contributed by atoms with E-state index in [9.17, 15) is 13.6 Å². The third-order valence-corrected chi connectivity index (χ3v) is 2.98. The highest BCUT2D eigenvalue weighted by atomic mass is 35.5. The fourth-order valence-corrected chi connectivity index (χ4v) is 1.84. The first-order valence-corrected chi connectivity index (χ1v) is 6.51. The zero-order valence-electron chi connectivity index (χ0n) is 11.1. The van der Waals surface area contributed by atoms with Crippen LogP contribution >= 0.6 is 11.6 Å². The van der Waals surface area contributed by atoms with Crippen molar-refractivity contribution in [3.63, 3.8) is 0 Å². The van der Waals surface area contributed by atoms with Crippen LogP contribution < -0.4 is 10.1 Å². The second-order valence-corrected chi connectivity index (χ2v) is 4.74. The van der Waals surface area contributed by atoms with Crippen LogP contribution in [0.5, 0.6) is 5.75 Å². The van der Waals surface area contributed by atoms with Crippen molar-refractivity contribution in [1.82, 2.24) is 0 Å². The number of hydrogen-bond donors (Lipinski definition) is 1. The highest BCUT2D eigenvalue weighted by Gasteiger charge is 2.16. The van der Waals surface area contributed by atoms with Crippen LogP contribution in [0.4, 0.5) is 14.5 Å². The topological polar surface area (TPSA) is 38.3 Å². The molecular formula is C15H12ClF2NO2. The van der Waals surface area contributed by atoms with Gasteiger partial charge in [-0.05, 0) is 37.3 Å². The molecule has 0 aliphatic carbocycles. The lowest BCUT2D eigenvalue weighted by Gasteiger charge is -2.15. The van der Waals surface area contributed by atoms with Gasteiger partial charge in [-0.15, -0.1) is 0 Å². The standard InChI is InChI=1S/C15H12ClF2NO2/c1-9(21-12-4-2-3-10(17)7-12)15(20)19-14-6-5-11(18)8-13(14)16/h2-9H,1H3,(H,19,20)/t9-/m1/s1. The van der Waals surface area contributed by atoms with Gasteiger partial charge in [0.25, 0.3) is 5.91 Å². The molecule has 0 unspecified atom stereocenters. The van der Waals surface area contributed by atoms with Crippen molar-refractivity contribution < 1.29 is 18.3 Å². The van der Waals surface area contributed by atoms with Crippen LogP contribution in [0.2, 0.25) is 5.02 Å². The van der Waals surface area contributed by atoms with Crippen molar-refractivity contribution in [3.8, 4) is 5.75 Å². The van der Waals surface area contributed by atoms with E-state index in [1.165, 1.54) is 43.3 Å². The van der Waals surface area contributed by atoms with E-state index in [1.54, 1.807) is 0 Å². The number of nitrogens with one attached hydrogen (secondary N) is 1. The number of carbonyl (C=O) groups is 1. The lowest BCUT2D eigenvalue weighted by molar-refractivity contribution is -0.122. The Morgan fingerprint density at radius 1 is 1.19 bits per heavy atom. The van der Waals surface area contributed by atoms with Gasteiger partial charge in [-0.2, -0.15) is 0 Å². The average Bonchev–Trinajstić information content (AvgIpc) is 2.41. The largest absolute Gasteiger partial charge is 0.481 e. The molecule has 0 saturated heterocycles. The van der Waals surface area contributed by atoms with Gasteiger partial charge in [0.1, 0.15) is 17.4 Å². The molecule has 0 saturated carbocycles. The second-order valence-electron chi connectivity index (χ2n) is 4.33. The molecule has 0 fully saturated rings. The predicted octanol–water partition coefficient (Wildman–Crippen LogP) is 4.02. The average molecular weight is 312 g/mol. The first-order valence-electron chi connectivity index (χ1n) is 6.14. The molecule has 21 heavy (non-hydrogen) atoms. The fourth-order valence-electron chi connectivity index (χ4n) is 1.62. The maximum atomic E-state index is 13.0. The Hall–Kier alpha value is -2.14. The molecule has 2 aromatic carbocycles. The number of anilines is 1. The molecule has 2 aromatic rings. The Kier molecular flexibility index (Phi) is 4.75. The van der Waals surface area contributed by atoms with Gasteiger partial charge in [0.15, 0.2) is 6.10 Å². The third kappa shape index (κ3) is 4.16. The van der Waals surface area contributed by atoms with Crippen LogP contribution in [0, 0.1) is 11.6 Å².